The van der Waals surface area contributed by atoms with Crippen LogP contribution in [-0.4, -0.2) is 45.2 Å². The molecular weight excluding hydrogens is 304 g/mol. The molecule has 0 saturated heterocycles. The van der Waals surface area contributed by atoms with Crippen molar-refractivity contribution in [2.24, 2.45) is 0 Å². The number of carbonyl (C=O) groups excluding carboxylic acids is 1. The van der Waals surface area contributed by atoms with Gasteiger partial charge in [-0.15, -0.1) is 0 Å². The molecule has 1 N–H and O–H groups in total. The number of para-hydroxylation sites is 2. The Bertz CT molecular complexity index is 644. The number of nitrogens with one attached hydrogen (secondary N) is 1. The number of likely N-dealkylation sites (N-methyl/N-ethyl adjacent to an activating group) is 1. The average Bonchev–Trinajstić information content (AvgIpc) is 2.61. The van der Waals surface area contributed by atoms with E-state index in [9.17, 15) is 4.79 Å². The number of carbonyl (C=O) groups is 1. The van der Waals surface area contributed by atoms with Crippen LogP contribution in [0.1, 0.15) is 11.6 Å². The van der Waals surface area contributed by atoms with Crippen LogP contribution >= 0.6 is 0 Å². The van der Waals surface area contributed by atoms with Gasteiger partial charge in [-0.05, 0) is 32.3 Å². The largest absolute Gasteiger partial charge is 0.496 e. The van der Waals surface area contributed by atoms with Crippen LogP contribution in [0.3, 0.4) is 0 Å². The highest BCUT2D eigenvalue weighted by atomic mass is 16.5. The zero-order valence-electron chi connectivity index (χ0n) is 14.4. The Morgan fingerprint density at radius 1 is 1.08 bits per heavy atom. The molecule has 0 fully saturated rings. The summed E-state index contributed by atoms with van der Waals surface area (Å²) < 4.78 is 10.9. The topological polar surface area (TPSA) is 50.8 Å². The highest BCUT2D eigenvalue weighted by molar-refractivity contribution is 5.77. The summed E-state index contributed by atoms with van der Waals surface area (Å²) >= 11 is 0. The van der Waals surface area contributed by atoms with Gasteiger partial charge >= 0.3 is 0 Å². The van der Waals surface area contributed by atoms with Crippen LogP contribution < -0.4 is 14.8 Å². The van der Waals surface area contributed by atoms with Crippen molar-refractivity contribution >= 4 is 5.91 Å². The van der Waals surface area contributed by atoms with E-state index in [1.807, 2.05) is 68.7 Å². The lowest BCUT2D eigenvalue weighted by Gasteiger charge is -2.26. The van der Waals surface area contributed by atoms with Gasteiger partial charge in [0, 0.05) is 12.1 Å². The molecule has 5 heteroatoms. The Morgan fingerprint density at radius 3 is 2.42 bits per heavy atom. The minimum Gasteiger partial charge on any atom is -0.496 e. The molecule has 2 aromatic rings. The van der Waals surface area contributed by atoms with Crippen LogP contribution in [0.25, 0.3) is 0 Å². The smallest absolute Gasteiger partial charge is 0.258 e. The van der Waals surface area contributed by atoms with Gasteiger partial charge in [0.05, 0.1) is 13.2 Å². The number of amides is 1. The number of hydrogen-bond donors (Lipinski definition) is 1. The van der Waals surface area contributed by atoms with Gasteiger partial charge < -0.3 is 19.7 Å². The standard InChI is InChI=1S/C19H24N2O3/c1-21(2)17(16-11-7-8-12-18(16)23-3)13-20-19(22)14-24-15-9-5-4-6-10-15/h4-12,17H,13-14H2,1-3H3,(H,20,22)/t17-/m0/s1. The number of ether oxygens (including phenoxy) is 2. The van der Waals surface area contributed by atoms with Crippen molar-refractivity contribution in [2.45, 2.75) is 6.04 Å². The molecule has 1 amide bonds. The third-order valence-electron chi connectivity index (χ3n) is 3.73. The lowest BCUT2D eigenvalue weighted by molar-refractivity contribution is -0.123. The van der Waals surface area contributed by atoms with E-state index in [1.165, 1.54) is 0 Å². The summed E-state index contributed by atoms with van der Waals surface area (Å²) in [7, 11) is 5.60. The minimum atomic E-state index is -0.152. The predicted molar refractivity (Wildman–Crippen MR) is 94.4 cm³/mol. The van der Waals surface area contributed by atoms with Gasteiger partial charge in [-0.1, -0.05) is 36.4 Å². The van der Waals surface area contributed by atoms with Gasteiger partial charge in [-0.2, -0.15) is 0 Å². The molecule has 0 aliphatic heterocycles. The average molecular weight is 328 g/mol. The van der Waals surface area contributed by atoms with Gasteiger partial charge in [-0.25, -0.2) is 0 Å². The van der Waals surface area contributed by atoms with Crippen molar-refractivity contribution in [1.29, 1.82) is 0 Å². The quantitative estimate of drug-likeness (QED) is 0.809. The maximum atomic E-state index is 12.0. The van der Waals surface area contributed by atoms with E-state index < -0.39 is 0 Å². The number of rotatable bonds is 8. The predicted octanol–water partition coefficient (Wildman–Crippen LogP) is 2.49. The molecule has 0 spiro atoms. The molecule has 0 aliphatic carbocycles. The Labute approximate surface area is 143 Å². The molecule has 24 heavy (non-hydrogen) atoms. The fourth-order valence-corrected chi connectivity index (χ4v) is 2.44. The first-order valence-electron chi connectivity index (χ1n) is 7.85. The van der Waals surface area contributed by atoms with Crippen LogP contribution in [0.4, 0.5) is 0 Å². The molecular formula is C19H24N2O3. The van der Waals surface area contributed by atoms with Crippen molar-refractivity contribution in [3.05, 3.63) is 60.2 Å². The van der Waals surface area contributed by atoms with E-state index in [1.54, 1.807) is 7.11 Å². The Morgan fingerprint density at radius 2 is 1.75 bits per heavy atom. The SMILES string of the molecule is COc1ccccc1[C@H](CNC(=O)COc1ccccc1)N(C)C. The van der Waals surface area contributed by atoms with E-state index in [0.717, 1.165) is 11.3 Å². The molecule has 0 saturated carbocycles. The van der Waals surface area contributed by atoms with Gasteiger partial charge in [0.25, 0.3) is 5.91 Å². The summed E-state index contributed by atoms with van der Waals surface area (Å²) in [6.07, 6.45) is 0. The highest BCUT2D eigenvalue weighted by Crippen LogP contribution is 2.27. The molecule has 0 aliphatic rings. The molecule has 0 aromatic heterocycles. The minimum absolute atomic E-state index is 0.00388. The Balaban J connectivity index is 1.93. The lowest BCUT2D eigenvalue weighted by Crippen LogP contribution is -2.37. The van der Waals surface area contributed by atoms with E-state index in [-0.39, 0.29) is 18.6 Å². The molecule has 2 aromatic carbocycles. The molecule has 128 valence electrons. The number of hydrogen-bond acceptors (Lipinski definition) is 4. The van der Waals surface area contributed by atoms with Crippen LogP contribution in [0.2, 0.25) is 0 Å². The van der Waals surface area contributed by atoms with Crippen molar-refractivity contribution in [3.8, 4) is 11.5 Å². The third kappa shape index (κ3) is 4.99. The van der Waals surface area contributed by atoms with Crippen LogP contribution in [0.15, 0.2) is 54.6 Å². The second-order valence-electron chi connectivity index (χ2n) is 5.63. The number of nitrogens with zero attached hydrogens (tertiary/aromatic N) is 1. The summed E-state index contributed by atoms with van der Waals surface area (Å²) in [5.74, 6) is 1.34. The van der Waals surface area contributed by atoms with E-state index >= 15 is 0 Å². The zero-order chi connectivity index (χ0) is 17.4. The summed E-state index contributed by atoms with van der Waals surface area (Å²) in [4.78, 5) is 14.1. The lowest BCUT2D eigenvalue weighted by atomic mass is 10.0. The van der Waals surface area contributed by atoms with E-state index in [4.69, 9.17) is 9.47 Å². The molecule has 0 heterocycles. The maximum absolute atomic E-state index is 12.0. The van der Waals surface area contributed by atoms with E-state index in [2.05, 4.69) is 10.2 Å². The molecule has 1 atom stereocenters. The fourth-order valence-electron chi connectivity index (χ4n) is 2.44. The third-order valence-corrected chi connectivity index (χ3v) is 3.73. The van der Waals surface area contributed by atoms with Gasteiger partial charge in [0.2, 0.25) is 0 Å². The zero-order valence-corrected chi connectivity index (χ0v) is 14.4. The summed E-state index contributed by atoms with van der Waals surface area (Å²) in [6.45, 7) is 0.473. The van der Waals surface area contributed by atoms with Crippen LogP contribution in [-0.2, 0) is 4.79 Å². The molecule has 0 radical (unpaired) electrons. The first-order valence-corrected chi connectivity index (χ1v) is 7.85. The van der Waals surface area contributed by atoms with Crippen molar-refractivity contribution in [2.75, 3.05) is 34.4 Å². The van der Waals surface area contributed by atoms with Crippen LogP contribution in [0.5, 0.6) is 11.5 Å². The number of benzene rings is 2. The Hall–Kier alpha value is -2.53. The first-order chi connectivity index (χ1) is 11.6. The van der Waals surface area contributed by atoms with Crippen molar-refractivity contribution < 1.29 is 14.3 Å². The molecule has 2 rings (SSSR count). The highest BCUT2D eigenvalue weighted by Gasteiger charge is 2.19. The summed E-state index contributed by atoms with van der Waals surface area (Å²) in [5, 5.41) is 2.92. The molecule has 5 nitrogen and oxygen atoms in total. The van der Waals surface area contributed by atoms with Crippen molar-refractivity contribution in [3.63, 3.8) is 0 Å². The summed E-state index contributed by atoms with van der Waals surface area (Å²) in [6, 6.07) is 17.1. The molecule has 0 bridgehead atoms. The normalized spacial score (nSPS) is 11.8. The van der Waals surface area contributed by atoms with Gasteiger partial charge in [-0.3, -0.25) is 4.79 Å². The number of methoxy groups -OCH3 is 1. The molecule has 0 unspecified atom stereocenters. The van der Waals surface area contributed by atoms with Crippen LogP contribution in [0, 0.1) is 0 Å². The van der Waals surface area contributed by atoms with Gasteiger partial charge in [0.15, 0.2) is 6.61 Å². The maximum Gasteiger partial charge on any atom is 0.258 e. The van der Waals surface area contributed by atoms with Crippen molar-refractivity contribution in [1.82, 2.24) is 10.2 Å². The second-order valence-corrected chi connectivity index (χ2v) is 5.63. The monoisotopic (exact) mass is 328 g/mol. The Kier molecular flexibility index (Phi) is 6.63. The first kappa shape index (κ1) is 17.8. The fraction of sp³-hybridized carbons (Fsp3) is 0.316. The second kappa shape index (κ2) is 8.93. The van der Waals surface area contributed by atoms with E-state index in [0.29, 0.717) is 12.3 Å². The van der Waals surface area contributed by atoms with Gasteiger partial charge in [0.1, 0.15) is 11.5 Å². The summed E-state index contributed by atoms with van der Waals surface area (Å²) in [5.41, 5.74) is 1.04.